The van der Waals surface area contributed by atoms with Crippen LogP contribution in [0.4, 0.5) is 0 Å². The summed E-state index contributed by atoms with van der Waals surface area (Å²) in [6.45, 7) is 4.66. The van der Waals surface area contributed by atoms with Gasteiger partial charge < -0.3 is 28.5 Å². The minimum absolute atomic E-state index is 0.182. The van der Waals surface area contributed by atoms with Crippen molar-refractivity contribution in [1.82, 2.24) is 0 Å². The molecule has 2 atom stereocenters. The Hall–Kier alpha value is -5.09. The third kappa shape index (κ3) is 76.1. The zero-order chi connectivity index (χ0) is 69.0. The summed E-state index contributed by atoms with van der Waals surface area (Å²) in [6.07, 6.45) is 108. The molecule has 2 unspecified atom stereocenters. The van der Waals surface area contributed by atoms with E-state index < -0.39 is 24.3 Å². The maximum Gasteiger partial charge on any atom is 0.361 e. The van der Waals surface area contributed by atoms with Crippen molar-refractivity contribution < 1.29 is 42.9 Å². The third-order valence-electron chi connectivity index (χ3n) is 16.3. The number of nitrogens with zero attached hydrogens (tertiary/aromatic N) is 1. The summed E-state index contributed by atoms with van der Waals surface area (Å²) >= 11 is 0. The van der Waals surface area contributed by atoms with Gasteiger partial charge in [-0.1, -0.05) is 332 Å². The van der Waals surface area contributed by atoms with Crippen molar-refractivity contribution in [2.24, 2.45) is 0 Å². The Bertz CT molecular complexity index is 2130. The zero-order valence-electron chi connectivity index (χ0n) is 61.8. The number of quaternary nitrogens is 1. The molecule has 0 aromatic carbocycles. The minimum atomic E-state index is -1.52. The lowest BCUT2D eigenvalue weighted by atomic mass is 10.0. The van der Waals surface area contributed by atoms with Crippen molar-refractivity contribution in [3.8, 4) is 0 Å². The number of carboxylic acids is 1. The Morgan fingerprint density at radius 1 is 0.316 bits per heavy atom. The summed E-state index contributed by atoms with van der Waals surface area (Å²) in [5, 5.41) is 9.77. The average molecular weight is 1320 g/mol. The van der Waals surface area contributed by atoms with Crippen molar-refractivity contribution in [3.63, 3.8) is 0 Å². The molecule has 0 saturated heterocycles. The highest BCUT2D eigenvalue weighted by atomic mass is 16.7. The second-order valence-electron chi connectivity index (χ2n) is 26.6. The highest BCUT2D eigenvalue weighted by Crippen LogP contribution is 2.18. The second-order valence-corrected chi connectivity index (χ2v) is 26.6. The summed E-state index contributed by atoms with van der Waals surface area (Å²) < 4.78 is 23.0. The maximum absolute atomic E-state index is 13.0. The summed E-state index contributed by atoms with van der Waals surface area (Å²) in [4.78, 5) is 37.7. The molecule has 0 saturated carbocycles. The number of rotatable bonds is 70. The molecule has 95 heavy (non-hydrogen) atoms. The van der Waals surface area contributed by atoms with Gasteiger partial charge in [-0.25, -0.2) is 4.79 Å². The lowest BCUT2D eigenvalue weighted by Gasteiger charge is -2.25. The van der Waals surface area contributed by atoms with Gasteiger partial charge in [-0.3, -0.25) is 9.59 Å². The SMILES string of the molecule is CC/C=C\C/C=C\C/C=C\C/C=C\C/C=C\C/C=C\C/C=C\CCCCCCCCCCCCCC(=O)OC(COC(=O)CCCCCCCCCCCCCCCCCCCC/C=C\C/C=C\C/C=C\C/C=C\C/C=C\C/C=C\CC)COC(OCC[N+](C)(C)C)C(=O)O. The number of esters is 2. The van der Waals surface area contributed by atoms with Crippen LogP contribution < -0.4 is 0 Å². The molecule has 0 fully saturated rings. The lowest BCUT2D eigenvalue weighted by molar-refractivity contribution is -0.870. The predicted molar refractivity (Wildman–Crippen MR) is 410 cm³/mol. The molecule has 540 valence electrons. The quantitative estimate of drug-likeness (QED) is 0.0211. The van der Waals surface area contributed by atoms with E-state index in [9.17, 15) is 19.5 Å². The van der Waals surface area contributed by atoms with Gasteiger partial charge in [0.2, 0.25) is 0 Å². The largest absolute Gasteiger partial charge is 0.477 e. The van der Waals surface area contributed by atoms with E-state index in [4.69, 9.17) is 18.9 Å². The van der Waals surface area contributed by atoms with E-state index in [0.717, 1.165) is 128 Å². The number of allylic oxidation sites excluding steroid dienone is 26. The van der Waals surface area contributed by atoms with Gasteiger partial charge in [-0.15, -0.1) is 0 Å². The third-order valence-corrected chi connectivity index (χ3v) is 16.3. The topological polar surface area (TPSA) is 108 Å². The molecule has 0 radical (unpaired) electrons. The Morgan fingerprint density at radius 3 is 0.842 bits per heavy atom. The Kier molecular flexibility index (Phi) is 70.7. The highest BCUT2D eigenvalue weighted by Gasteiger charge is 2.25. The van der Waals surface area contributed by atoms with Crippen LogP contribution >= 0.6 is 0 Å². The molecule has 0 aromatic heterocycles. The molecule has 9 heteroatoms. The molecule has 0 rings (SSSR count). The first-order valence-corrected chi connectivity index (χ1v) is 38.6. The molecule has 0 spiro atoms. The molecule has 9 nitrogen and oxygen atoms in total. The van der Waals surface area contributed by atoms with E-state index in [0.29, 0.717) is 23.9 Å². The van der Waals surface area contributed by atoms with Gasteiger partial charge in [0.1, 0.15) is 13.2 Å². The van der Waals surface area contributed by atoms with Crippen molar-refractivity contribution in [2.75, 3.05) is 47.5 Å². The standard InChI is InChI=1S/C86H143NO8/c1-6-8-10-12-14-16-18-20-22-24-26-28-30-32-34-36-38-40-41-42-43-45-46-48-50-52-54-56-58-60-62-64-66-68-70-72-74-76-83(88)93-80-82(81-94-86(85(90)91)92-79-78-87(3,4)5)95-84(89)77-75-73-71-69-67-65-63-61-59-57-55-53-51-49-47-44-39-37-35-33-31-29-27-25-23-21-19-17-15-13-11-9-7-2/h8-11,14-17,20-23,26-29,32-35,38-40,44,49,51,82,86H,6-7,12-13,18-19,24-25,30-31,36-37,41-43,45-48,50,52-81H2,1-5H3/p+1/b10-8-,11-9-,16-14-,17-15-,22-20-,23-21-,28-26-,29-27-,34-32-,35-33-,40-38-,44-39-,51-49-. The van der Waals surface area contributed by atoms with E-state index in [1.165, 1.54) is 148 Å². The van der Waals surface area contributed by atoms with E-state index >= 15 is 0 Å². The predicted octanol–water partition coefficient (Wildman–Crippen LogP) is 24.8. The first kappa shape index (κ1) is 89.9. The van der Waals surface area contributed by atoms with Crippen molar-refractivity contribution in [2.45, 2.75) is 322 Å². The highest BCUT2D eigenvalue weighted by molar-refractivity contribution is 5.71. The Labute approximate surface area is 584 Å². The maximum atomic E-state index is 13.0. The Balaban J connectivity index is 4.08. The monoisotopic (exact) mass is 1320 g/mol. The normalized spacial score (nSPS) is 13.6. The van der Waals surface area contributed by atoms with Crippen molar-refractivity contribution in [3.05, 3.63) is 158 Å². The van der Waals surface area contributed by atoms with Gasteiger partial charge in [-0.05, 0) is 122 Å². The molecule has 0 aliphatic heterocycles. The van der Waals surface area contributed by atoms with E-state index in [1.54, 1.807) is 0 Å². The van der Waals surface area contributed by atoms with Gasteiger partial charge >= 0.3 is 17.9 Å². The molecule has 0 aromatic rings. The number of carboxylic acid groups (broad SMARTS) is 1. The summed E-state index contributed by atoms with van der Waals surface area (Å²) in [7, 11) is 5.98. The number of carbonyl (C=O) groups excluding carboxylic acids is 2. The average Bonchev–Trinajstić information content (AvgIpc) is 3.75. The van der Waals surface area contributed by atoms with Gasteiger partial charge in [0.05, 0.1) is 34.4 Å². The fourth-order valence-corrected chi connectivity index (χ4v) is 10.5. The molecule has 0 aliphatic carbocycles. The minimum Gasteiger partial charge on any atom is -0.477 e. The van der Waals surface area contributed by atoms with Crippen LogP contribution in [0, 0.1) is 0 Å². The number of hydrogen-bond donors (Lipinski definition) is 1. The molecule has 1 N–H and O–H groups in total. The van der Waals surface area contributed by atoms with Crippen LogP contribution in [0.2, 0.25) is 0 Å². The summed E-state index contributed by atoms with van der Waals surface area (Å²) in [5.41, 5.74) is 0. The summed E-state index contributed by atoms with van der Waals surface area (Å²) in [5.74, 6) is -2.01. The molecule has 0 heterocycles. The number of hydrogen-bond acceptors (Lipinski definition) is 7. The second kappa shape index (κ2) is 74.7. The number of carbonyl (C=O) groups is 3. The van der Waals surface area contributed by atoms with Crippen LogP contribution in [-0.4, -0.2) is 87.4 Å². The van der Waals surface area contributed by atoms with Gasteiger partial charge in [0.25, 0.3) is 6.29 Å². The molecular formula is C86H144NO8+. The Morgan fingerprint density at radius 2 is 0.568 bits per heavy atom. The number of unbranched alkanes of at least 4 members (excludes halogenated alkanes) is 29. The van der Waals surface area contributed by atoms with Gasteiger partial charge in [-0.2, -0.15) is 0 Å². The van der Waals surface area contributed by atoms with E-state index in [2.05, 4.69) is 172 Å². The summed E-state index contributed by atoms with van der Waals surface area (Å²) in [6, 6.07) is 0. The fourth-order valence-electron chi connectivity index (χ4n) is 10.5. The number of likely N-dealkylation sites (N-methyl/N-ethyl adjacent to an activating group) is 1. The lowest BCUT2D eigenvalue weighted by Crippen LogP contribution is -2.40. The van der Waals surface area contributed by atoms with Gasteiger partial charge in [0.15, 0.2) is 6.10 Å². The fraction of sp³-hybridized carbons (Fsp3) is 0.663. The first-order valence-electron chi connectivity index (χ1n) is 38.6. The van der Waals surface area contributed by atoms with Crippen LogP contribution in [0.25, 0.3) is 0 Å². The van der Waals surface area contributed by atoms with E-state index in [-0.39, 0.29) is 32.2 Å². The molecule has 0 bridgehead atoms. The van der Waals surface area contributed by atoms with Crippen LogP contribution in [-0.2, 0) is 33.3 Å². The number of aliphatic carboxylic acids is 1. The van der Waals surface area contributed by atoms with Crippen LogP contribution in [0.15, 0.2) is 158 Å². The van der Waals surface area contributed by atoms with Crippen molar-refractivity contribution >= 4 is 17.9 Å². The molecule has 0 amide bonds. The van der Waals surface area contributed by atoms with Crippen LogP contribution in [0.1, 0.15) is 309 Å². The smallest absolute Gasteiger partial charge is 0.361 e. The molecule has 0 aliphatic rings. The van der Waals surface area contributed by atoms with E-state index in [1.807, 2.05) is 21.1 Å². The molecular weight excluding hydrogens is 1170 g/mol. The zero-order valence-corrected chi connectivity index (χ0v) is 61.8. The van der Waals surface area contributed by atoms with Crippen LogP contribution in [0.3, 0.4) is 0 Å². The van der Waals surface area contributed by atoms with Crippen LogP contribution in [0.5, 0.6) is 0 Å². The van der Waals surface area contributed by atoms with Gasteiger partial charge in [0, 0.05) is 12.8 Å². The number of ether oxygens (including phenoxy) is 4. The first-order chi connectivity index (χ1) is 46.6. The van der Waals surface area contributed by atoms with Crippen molar-refractivity contribution in [1.29, 1.82) is 0 Å².